The van der Waals surface area contributed by atoms with E-state index in [0.29, 0.717) is 32.5 Å². The normalized spacial score (nSPS) is 10.2. The number of nitriles is 1. The van der Waals surface area contributed by atoms with E-state index < -0.39 is 5.91 Å². The third-order valence-electron chi connectivity index (χ3n) is 3.58. The molecule has 4 N–H and O–H groups in total. The Kier molecular flexibility index (Phi) is 4.82. The third-order valence-corrected chi connectivity index (χ3v) is 4.18. The number of carbonyl (C=O) groups is 1. The molecule has 0 radical (unpaired) electrons. The van der Waals surface area contributed by atoms with Crippen LogP contribution in [0, 0.1) is 16.7 Å². The van der Waals surface area contributed by atoms with Gasteiger partial charge in [-0.15, -0.1) is 0 Å². The number of anilines is 2. The fourth-order valence-corrected chi connectivity index (χ4v) is 2.80. The molecule has 8 heteroatoms. The average Bonchev–Trinajstić information content (AvgIpc) is 3.17. The van der Waals surface area contributed by atoms with Crippen molar-refractivity contribution in [2.75, 3.05) is 11.1 Å². The molecule has 3 rings (SSSR count). The number of amides is 1. The van der Waals surface area contributed by atoms with E-state index in [0.717, 1.165) is 0 Å². The van der Waals surface area contributed by atoms with E-state index in [1.165, 1.54) is 24.8 Å². The molecule has 1 amide bonds. The summed E-state index contributed by atoms with van der Waals surface area (Å²) in [7, 11) is 0. The number of hydrogen-bond donors (Lipinski definition) is 3. The Hall–Kier alpha value is -3.44. The summed E-state index contributed by atoms with van der Waals surface area (Å²) in [6, 6.07) is 9.99. The van der Waals surface area contributed by atoms with Crippen LogP contribution in [0.4, 0.5) is 11.4 Å². The monoisotopic (exact) mass is 409 g/mol. The van der Waals surface area contributed by atoms with Crippen molar-refractivity contribution in [3.63, 3.8) is 0 Å². The number of nitrogen functional groups attached to an aromatic ring is 1. The maximum absolute atomic E-state index is 12.4. The molecular weight excluding hydrogens is 398 g/mol. The summed E-state index contributed by atoms with van der Waals surface area (Å²) < 4.78 is 5.41. The van der Waals surface area contributed by atoms with Gasteiger partial charge in [-0.25, -0.2) is 4.98 Å². The summed E-state index contributed by atoms with van der Waals surface area (Å²) in [4.78, 5) is 16.4. The molecule has 0 bridgehead atoms. The first-order chi connectivity index (χ1) is 12.5. The maximum atomic E-state index is 12.4. The lowest BCUT2D eigenvalue weighted by Crippen LogP contribution is -2.15. The van der Waals surface area contributed by atoms with E-state index in [4.69, 9.17) is 20.8 Å². The van der Waals surface area contributed by atoms with Crippen LogP contribution >= 0.6 is 15.9 Å². The number of nitrogens with two attached hydrogens (primary N) is 1. The number of hydrogen-bond acceptors (Lipinski definition) is 6. The number of nitrogens with zero attached hydrogens (tertiary/aromatic N) is 2. The molecule has 0 atom stereocenters. The van der Waals surface area contributed by atoms with Crippen LogP contribution in [0.15, 0.2) is 57.9 Å². The second-order valence-electron chi connectivity index (χ2n) is 5.31. The maximum Gasteiger partial charge on any atom is 0.275 e. The van der Waals surface area contributed by atoms with Gasteiger partial charge in [0.15, 0.2) is 0 Å². The van der Waals surface area contributed by atoms with Gasteiger partial charge in [0.2, 0.25) is 0 Å². The second kappa shape index (κ2) is 7.21. The molecule has 0 aliphatic carbocycles. The summed E-state index contributed by atoms with van der Waals surface area (Å²) in [5.74, 6) is -0.452. The first kappa shape index (κ1) is 17.4. The fourth-order valence-electron chi connectivity index (χ4n) is 2.27. The van der Waals surface area contributed by atoms with Crippen LogP contribution in [0.25, 0.3) is 0 Å². The van der Waals surface area contributed by atoms with E-state index in [1.54, 1.807) is 24.3 Å². The predicted molar refractivity (Wildman–Crippen MR) is 100 cm³/mol. The molecule has 3 aromatic rings. The summed E-state index contributed by atoms with van der Waals surface area (Å²) in [6.07, 6.45) is 4.24. The minimum atomic E-state index is -0.452. The van der Waals surface area contributed by atoms with Crippen LogP contribution in [0.3, 0.4) is 0 Å². The molecule has 128 valence electrons. The Morgan fingerprint density at radius 3 is 2.81 bits per heavy atom. The van der Waals surface area contributed by atoms with Gasteiger partial charge in [0.05, 0.1) is 28.3 Å². The van der Waals surface area contributed by atoms with Crippen LogP contribution in [0.5, 0.6) is 0 Å². The molecule has 0 fully saturated rings. The van der Waals surface area contributed by atoms with Crippen molar-refractivity contribution in [1.82, 2.24) is 4.98 Å². The Morgan fingerprint density at radius 2 is 2.15 bits per heavy atom. The van der Waals surface area contributed by atoms with Gasteiger partial charge in [-0.2, -0.15) is 5.26 Å². The van der Waals surface area contributed by atoms with Gasteiger partial charge in [0.1, 0.15) is 11.8 Å². The van der Waals surface area contributed by atoms with Crippen LogP contribution in [-0.4, -0.2) is 16.6 Å². The zero-order chi connectivity index (χ0) is 18.7. The van der Waals surface area contributed by atoms with Gasteiger partial charge >= 0.3 is 0 Å². The van der Waals surface area contributed by atoms with E-state index in [9.17, 15) is 4.79 Å². The van der Waals surface area contributed by atoms with Crippen molar-refractivity contribution in [1.29, 1.82) is 10.7 Å². The van der Waals surface area contributed by atoms with Crippen LogP contribution in [0.2, 0.25) is 0 Å². The summed E-state index contributed by atoms with van der Waals surface area (Å²) in [5, 5.41) is 19.8. The zero-order valence-electron chi connectivity index (χ0n) is 13.3. The first-order valence-corrected chi connectivity index (χ1v) is 8.17. The lowest BCUT2D eigenvalue weighted by atomic mass is 10.0. The van der Waals surface area contributed by atoms with Gasteiger partial charge in [-0.1, -0.05) is 0 Å². The molecule has 2 heterocycles. The molecule has 2 aromatic heterocycles. The summed E-state index contributed by atoms with van der Waals surface area (Å²) in [6.45, 7) is 0. The van der Waals surface area contributed by atoms with Gasteiger partial charge in [-0.05, 0) is 46.3 Å². The predicted octanol–water partition coefficient (Wildman–Crippen LogP) is 3.56. The van der Waals surface area contributed by atoms with Gasteiger partial charge in [0, 0.05) is 28.7 Å². The molecule has 0 saturated heterocycles. The first-order valence-electron chi connectivity index (χ1n) is 7.37. The highest BCUT2D eigenvalue weighted by atomic mass is 79.9. The highest BCUT2D eigenvalue weighted by Gasteiger charge is 2.15. The van der Waals surface area contributed by atoms with Crippen molar-refractivity contribution in [2.24, 2.45) is 0 Å². The Morgan fingerprint density at radius 1 is 1.35 bits per heavy atom. The van der Waals surface area contributed by atoms with Crippen LogP contribution in [-0.2, 0) is 0 Å². The zero-order valence-corrected chi connectivity index (χ0v) is 14.9. The standard InChI is InChI=1S/C18H12BrN5O2/c19-14-5-10(7-20)8-23-17(14)18(25)24-12-1-2-15(21)13(6-12)16(22)11-3-4-26-9-11/h1-6,8-9,22H,21H2,(H,24,25). The van der Waals surface area contributed by atoms with Crippen molar-refractivity contribution in [3.05, 3.63) is 75.9 Å². The number of halogens is 1. The average molecular weight is 410 g/mol. The Labute approximate surface area is 157 Å². The van der Waals surface area contributed by atoms with Crippen LogP contribution < -0.4 is 11.1 Å². The topological polar surface area (TPSA) is 129 Å². The van der Waals surface area contributed by atoms with Crippen molar-refractivity contribution < 1.29 is 9.21 Å². The molecule has 0 spiro atoms. The quantitative estimate of drug-likeness (QED) is 0.448. The number of pyridine rings is 1. The van der Waals surface area contributed by atoms with Gasteiger partial charge in [0.25, 0.3) is 5.91 Å². The smallest absolute Gasteiger partial charge is 0.275 e. The lowest BCUT2D eigenvalue weighted by Gasteiger charge is -2.11. The number of benzene rings is 1. The van der Waals surface area contributed by atoms with Crippen molar-refractivity contribution in [2.45, 2.75) is 0 Å². The van der Waals surface area contributed by atoms with Gasteiger partial charge < -0.3 is 15.5 Å². The third kappa shape index (κ3) is 3.48. The highest BCUT2D eigenvalue weighted by molar-refractivity contribution is 9.10. The summed E-state index contributed by atoms with van der Waals surface area (Å²) in [5.41, 5.74) is 8.56. The molecule has 7 nitrogen and oxygen atoms in total. The van der Waals surface area contributed by atoms with E-state index >= 15 is 0 Å². The molecule has 0 aliphatic rings. The number of nitrogens with one attached hydrogen (secondary N) is 2. The molecule has 0 aliphatic heterocycles. The Balaban J connectivity index is 1.87. The molecule has 26 heavy (non-hydrogen) atoms. The van der Waals surface area contributed by atoms with Gasteiger partial charge in [-0.3, -0.25) is 10.2 Å². The van der Waals surface area contributed by atoms with E-state index in [-0.39, 0.29) is 11.4 Å². The minimum Gasteiger partial charge on any atom is -0.472 e. The fraction of sp³-hybridized carbons (Fsp3) is 0. The highest BCUT2D eigenvalue weighted by Crippen LogP contribution is 2.23. The number of aromatic nitrogens is 1. The SMILES string of the molecule is N#Cc1cnc(C(=O)Nc2ccc(N)c(C(=N)c3ccoc3)c2)c(Br)c1. The largest absolute Gasteiger partial charge is 0.472 e. The molecule has 1 aromatic carbocycles. The minimum absolute atomic E-state index is 0.146. The van der Waals surface area contributed by atoms with E-state index in [2.05, 4.69) is 26.2 Å². The van der Waals surface area contributed by atoms with Crippen molar-refractivity contribution >= 4 is 38.9 Å². The number of furan rings is 1. The number of rotatable bonds is 4. The van der Waals surface area contributed by atoms with E-state index in [1.807, 2.05) is 6.07 Å². The van der Waals surface area contributed by atoms with Crippen molar-refractivity contribution in [3.8, 4) is 6.07 Å². The Bertz CT molecular complexity index is 1040. The molecule has 0 unspecified atom stereocenters. The second-order valence-corrected chi connectivity index (χ2v) is 6.16. The summed E-state index contributed by atoms with van der Waals surface area (Å²) >= 11 is 3.24. The van der Waals surface area contributed by atoms with Crippen LogP contribution in [0.1, 0.15) is 27.2 Å². The molecular formula is C18H12BrN5O2. The lowest BCUT2D eigenvalue weighted by molar-refractivity contribution is 0.102. The molecule has 0 saturated carbocycles. The number of carbonyl (C=O) groups excluding carboxylic acids is 1.